The molecule has 0 bridgehead atoms. The lowest BCUT2D eigenvalue weighted by Gasteiger charge is -2.29. The summed E-state index contributed by atoms with van der Waals surface area (Å²) in [6.45, 7) is 0.404. The minimum Gasteiger partial charge on any atom is -0.328 e. The third-order valence-corrected chi connectivity index (χ3v) is 5.60. The van der Waals surface area contributed by atoms with Gasteiger partial charge >= 0.3 is 6.18 Å². The third-order valence-electron chi connectivity index (χ3n) is 3.38. The number of hydrogen-bond acceptors (Lipinski definition) is 3. The zero-order valence-electron chi connectivity index (χ0n) is 10.9. The van der Waals surface area contributed by atoms with Crippen molar-refractivity contribution >= 4 is 21.6 Å². The first-order valence-corrected chi connectivity index (χ1v) is 8.06. The molecule has 0 unspecified atom stereocenters. The number of piperidine rings is 1. The highest BCUT2D eigenvalue weighted by molar-refractivity contribution is 7.89. The zero-order chi connectivity index (χ0) is 15.8. The van der Waals surface area contributed by atoms with Gasteiger partial charge in [-0.05, 0) is 31.0 Å². The van der Waals surface area contributed by atoms with Crippen LogP contribution in [0.15, 0.2) is 23.1 Å². The molecule has 1 heterocycles. The molecule has 1 aliphatic heterocycles. The van der Waals surface area contributed by atoms with E-state index in [9.17, 15) is 21.6 Å². The zero-order valence-corrected chi connectivity index (χ0v) is 12.5. The van der Waals surface area contributed by atoms with Crippen LogP contribution in [0.5, 0.6) is 0 Å². The van der Waals surface area contributed by atoms with Crippen LogP contribution in [0, 0.1) is 0 Å². The SMILES string of the molecule is NC1CCN(S(=O)(=O)c2ccc(Cl)c(C(F)(F)F)c2)CC1. The number of benzene rings is 1. The van der Waals surface area contributed by atoms with E-state index in [-0.39, 0.29) is 19.1 Å². The molecule has 21 heavy (non-hydrogen) atoms. The molecule has 0 aromatic heterocycles. The number of hydrogen-bond donors (Lipinski definition) is 1. The van der Waals surface area contributed by atoms with Gasteiger partial charge in [-0.15, -0.1) is 0 Å². The maximum Gasteiger partial charge on any atom is 0.417 e. The molecule has 1 aromatic rings. The van der Waals surface area contributed by atoms with Gasteiger partial charge in [-0.25, -0.2) is 8.42 Å². The van der Waals surface area contributed by atoms with Gasteiger partial charge < -0.3 is 5.73 Å². The van der Waals surface area contributed by atoms with Gasteiger partial charge in [0.05, 0.1) is 15.5 Å². The van der Waals surface area contributed by atoms with Crippen LogP contribution in [0.25, 0.3) is 0 Å². The van der Waals surface area contributed by atoms with Gasteiger partial charge in [0.1, 0.15) is 0 Å². The molecule has 1 saturated heterocycles. The molecule has 0 radical (unpaired) electrons. The molecule has 118 valence electrons. The molecule has 0 amide bonds. The maximum atomic E-state index is 12.8. The Hall–Kier alpha value is -0.830. The Morgan fingerprint density at radius 2 is 1.81 bits per heavy atom. The van der Waals surface area contributed by atoms with E-state index in [2.05, 4.69) is 0 Å². The first kappa shape index (κ1) is 16.5. The van der Waals surface area contributed by atoms with Gasteiger partial charge in [0, 0.05) is 19.1 Å². The molecule has 0 saturated carbocycles. The topological polar surface area (TPSA) is 63.4 Å². The molecule has 0 atom stereocenters. The lowest BCUT2D eigenvalue weighted by molar-refractivity contribution is -0.137. The van der Waals surface area contributed by atoms with Crippen LogP contribution < -0.4 is 5.73 Å². The van der Waals surface area contributed by atoms with Crippen LogP contribution >= 0.6 is 11.6 Å². The van der Waals surface area contributed by atoms with Crippen molar-refractivity contribution in [1.82, 2.24) is 4.31 Å². The van der Waals surface area contributed by atoms with Crippen LogP contribution in [-0.4, -0.2) is 31.9 Å². The summed E-state index contributed by atoms with van der Waals surface area (Å²) in [5, 5.41) is -0.526. The van der Waals surface area contributed by atoms with Crippen molar-refractivity contribution in [3.05, 3.63) is 28.8 Å². The van der Waals surface area contributed by atoms with Gasteiger partial charge in [-0.2, -0.15) is 17.5 Å². The van der Waals surface area contributed by atoms with E-state index < -0.39 is 31.7 Å². The van der Waals surface area contributed by atoms with Crippen molar-refractivity contribution in [2.75, 3.05) is 13.1 Å². The molecule has 2 N–H and O–H groups in total. The molecular formula is C12H14ClF3N2O2S. The van der Waals surface area contributed by atoms with Crippen molar-refractivity contribution in [3.8, 4) is 0 Å². The van der Waals surface area contributed by atoms with Crippen molar-refractivity contribution in [1.29, 1.82) is 0 Å². The minimum absolute atomic E-state index is 0.0765. The molecule has 2 rings (SSSR count). The second-order valence-electron chi connectivity index (χ2n) is 4.88. The molecule has 1 aromatic carbocycles. The summed E-state index contributed by atoms with van der Waals surface area (Å²) in [7, 11) is -3.97. The standard InChI is InChI=1S/C12H14ClF3N2O2S/c13-11-2-1-9(7-10(11)12(14,15)16)21(19,20)18-5-3-8(17)4-6-18/h1-2,7-8H,3-6,17H2. The summed E-state index contributed by atoms with van der Waals surface area (Å²) in [5.74, 6) is 0. The summed E-state index contributed by atoms with van der Waals surface area (Å²) in [4.78, 5) is -0.408. The number of halogens is 4. The average molecular weight is 343 g/mol. The Kier molecular flexibility index (Phi) is 4.53. The summed E-state index contributed by atoms with van der Waals surface area (Å²) >= 11 is 5.49. The predicted molar refractivity (Wildman–Crippen MR) is 72.4 cm³/mol. The van der Waals surface area contributed by atoms with E-state index in [1.165, 1.54) is 0 Å². The van der Waals surface area contributed by atoms with Gasteiger partial charge in [0.2, 0.25) is 10.0 Å². The third kappa shape index (κ3) is 3.50. The van der Waals surface area contributed by atoms with Gasteiger partial charge in [0.15, 0.2) is 0 Å². The van der Waals surface area contributed by atoms with Crippen molar-refractivity contribution < 1.29 is 21.6 Å². The van der Waals surface area contributed by atoms with Gasteiger partial charge in [0.25, 0.3) is 0 Å². The second kappa shape index (κ2) is 5.75. The first-order valence-electron chi connectivity index (χ1n) is 6.25. The Morgan fingerprint density at radius 1 is 1.24 bits per heavy atom. The predicted octanol–water partition coefficient (Wildman–Crippen LogP) is 2.47. The summed E-state index contributed by atoms with van der Waals surface area (Å²) in [6.07, 6.45) is -3.73. The van der Waals surface area contributed by atoms with E-state index in [0.29, 0.717) is 18.9 Å². The quantitative estimate of drug-likeness (QED) is 0.898. The van der Waals surface area contributed by atoms with Gasteiger partial charge in [-0.1, -0.05) is 11.6 Å². The van der Waals surface area contributed by atoms with E-state index in [0.717, 1.165) is 16.4 Å². The van der Waals surface area contributed by atoms with Crippen LogP contribution in [0.2, 0.25) is 5.02 Å². The van der Waals surface area contributed by atoms with Crippen molar-refractivity contribution in [2.45, 2.75) is 30.0 Å². The first-order chi connectivity index (χ1) is 9.62. The number of sulfonamides is 1. The molecule has 0 aliphatic carbocycles. The Morgan fingerprint density at radius 3 is 2.33 bits per heavy atom. The summed E-state index contributed by atoms with van der Waals surface area (Å²) in [6, 6.07) is 2.54. The smallest absolute Gasteiger partial charge is 0.328 e. The molecule has 9 heteroatoms. The summed E-state index contributed by atoms with van der Waals surface area (Å²) in [5.41, 5.74) is 4.54. The Balaban J connectivity index is 2.37. The fourth-order valence-electron chi connectivity index (χ4n) is 2.15. The van der Waals surface area contributed by atoms with Crippen LogP contribution in [0.4, 0.5) is 13.2 Å². The van der Waals surface area contributed by atoms with E-state index in [1.54, 1.807) is 0 Å². The normalized spacial score (nSPS) is 18.9. The molecule has 1 fully saturated rings. The highest BCUT2D eigenvalue weighted by Crippen LogP contribution is 2.36. The summed E-state index contributed by atoms with van der Waals surface area (Å²) < 4.78 is 64.3. The number of rotatable bonds is 2. The Bertz CT molecular complexity index is 626. The number of alkyl halides is 3. The fraction of sp³-hybridized carbons (Fsp3) is 0.500. The fourth-order valence-corrected chi connectivity index (χ4v) is 3.87. The highest BCUT2D eigenvalue weighted by atomic mass is 35.5. The highest BCUT2D eigenvalue weighted by Gasteiger charge is 2.36. The van der Waals surface area contributed by atoms with Crippen molar-refractivity contribution in [3.63, 3.8) is 0 Å². The second-order valence-corrected chi connectivity index (χ2v) is 7.23. The molecule has 1 aliphatic rings. The minimum atomic E-state index is -4.70. The van der Waals surface area contributed by atoms with E-state index >= 15 is 0 Å². The van der Waals surface area contributed by atoms with Gasteiger partial charge in [-0.3, -0.25) is 0 Å². The van der Waals surface area contributed by atoms with Crippen LogP contribution in [0.3, 0.4) is 0 Å². The Labute approximate surface area is 125 Å². The van der Waals surface area contributed by atoms with Crippen molar-refractivity contribution in [2.24, 2.45) is 5.73 Å². The number of nitrogens with two attached hydrogens (primary N) is 1. The molecule has 0 spiro atoms. The molecule has 4 nitrogen and oxygen atoms in total. The van der Waals surface area contributed by atoms with Crippen LogP contribution in [0.1, 0.15) is 18.4 Å². The van der Waals surface area contributed by atoms with E-state index in [4.69, 9.17) is 17.3 Å². The number of nitrogens with zero attached hydrogens (tertiary/aromatic N) is 1. The maximum absolute atomic E-state index is 12.8. The monoisotopic (exact) mass is 342 g/mol. The van der Waals surface area contributed by atoms with Crippen LogP contribution in [-0.2, 0) is 16.2 Å². The lowest BCUT2D eigenvalue weighted by atomic mass is 10.1. The average Bonchev–Trinajstić information content (AvgIpc) is 2.38. The molecular weight excluding hydrogens is 329 g/mol. The van der Waals surface area contributed by atoms with E-state index in [1.807, 2.05) is 0 Å². The largest absolute Gasteiger partial charge is 0.417 e. The lowest BCUT2D eigenvalue weighted by Crippen LogP contribution is -2.42.